The van der Waals surface area contributed by atoms with Gasteiger partial charge in [0.1, 0.15) is 10.7 Å². The van der Waals surface area contributed by atoms with Gasteiger partial charge in [-0.05, 0) is 70.9 Å². The highest BCUT2D eigenvalue weighted by Gasteiger charge is 2.19. The lowest BCUT2D eigenvalue weighted by Gasteiger charge is -2.30. The quantitative estimate of drug-likeness (QED) is 0.217. The summed E-state index contributed by atoms with van der Waals surface area (Å²) in [6, 6.07) is 10.6. The van der Waals surface area contributed by atoms with Crippen LogP contribution in [-0.4, -0.2) is 120 Å². The minimum atomic E-state index is -0.0802. The molecule has 0 bridgehead atoms. The summed E-state index contributed by atoms with van der Waals surface area (Å²) >= 11 is 3.33. The number of nitrogens with one attached hydrogen (secondary N) is 2. The number of benzene rings is 1. The SMILES string of the molecule is CN(C)CCSc1cnc(-c2cc3cnc(Nc4ccc(NC5CCCN(C)C5)cc4)nc3n(CCN3CCOCC3)c2=O)s1. The first-order valence-corrected chi connectivity index (χ1v) is 17.5. The molecule has 0 amide bonds. The summed E-state index contributed by atoms with van der Waals surface area (Å²) in [5.41, 5.74) is 3.12. The second-order valence-electron chi connectivity index (χ2n) is 12.0. The number of thiazole rings is 1. The maximum atomic E-state index is 14.0. The van der Waals surface area contributed by atoms with Crippen LogP contribution in [0.4, 0.5) is 17.3 Å². The summed E-state index contributed by atoms with van der Waals surface area (Å²) in [5.74, 6) is 1.43. The second-order valence-corrected chi connectivity index (χ2v) is 14.5. The highest BCUT2D eigenvalue weighted by molar-refractivity contribution is 8.01. The number of rotatable bonds is 12. The van der Waals surface area contributed by atoms with Gasteiger partial charge in [0.25, 0.3) is 5.56 Å². The Morgan fingerprint density at radius 1 is 1.07 bits per heavy atom. The van der Waals surface area contributed by atoms with Gasteiger partial charge in [-0.2, -0.15) is 4.98 Å². The lowest BCUT2D eigenvalue weighted by molar-refractivity contribution is 0.0364. The summed E-state index contributed by atoms with van der Waals surface area (Å²) < 4.78 is 8.43. The number of aromatic nitrogens is 4. The van der Waals surface area contributed by atoms with Gasteiger partial charge >= 0.3 is 0 Å². The van der Waals surface area contributed by atoms with E-state index in [1.807, 2.05) is 24.4 Å². The fourth-order valence-electron chi connectivity index (χ4n) is 5.72. The van der Waals surface area contributed by atoms with Gasteiger partial charge in [0, 0.05) is 74.0 Å². The molecule has 1 atom stereocenters. The summed E-state index contributed by atoms with van der Waals surface area (Å²) in [7, 11) is 6.32. The average Bonchev–Trinajstić information content (AvgIpc) is 3.50. The Morgan fingerprint density at radius 2 is 1.87 bits per heavy atom. The molecule has 4 aromatic rings. The minimum absolute atomic E-state index is 0.0802. The van der Waals surface area contributed by atoms with E-state index in [9.17, 15) is 4.79 Å². The molecular weight excluding hydrogens is 607 g/mol. The lowest BCUT2D eigenvalue weighted by Crippen LogP contribution is -2.39. The fraction of sp³-hybridized carbons (Fsp3) is 0.500. The van der Waals surface area contributed by atoms with Gasteiger partial charge < -0.3 is 25.2 Å². The number of nitrogens with zero attached hydrogens (tertiary/aromatic N) is 7. The number of likely N-dealkylation sites (N-methyl/N-ethyl adjacent to an activating group) is 1. The van der Waals surface area contributed by atoms with Gasteiger partial charge in [0.2, 0.25) is 5.95 Å². The van der Waals surface area contributed by atoms with Crippen LogP contribution in [-0.2, 0) is 11.3 Å². The highest BCUT2D eigenvalue weighted by Crippen LogP contribution is 2.31. The smallest absolute Gasteiger partial charge is 0.262 e. The molecule has 11 nitrogen and oxygen atoms in total. The molecule has 2 saturated heterocycles. The van der Waals surface area contributed by atoms with E-state index in [-0.39, 0.29) is 5.56 Å². The van der Waals surface area contributed by atoms with Crippen LogP contribution in [0.1, 0.15) is 12.8 Å². The fourth-order valence-corrected chi connectivity index (χ4v) is 7.89. The topological polar surface area (TPSA) is 104 Å². The van der Waals surface area contributed by atoms with Crippen LogP contribution in [0, 0.1) is 0 Å². The molecule has 5 heterocycles. The van der Waals surface area contributed by atoms with E-state index in [0.29, 0.717) is 43.0 Å². The number of likely N-dealkylation sites (tertiary alicyclic amines) is 1. The minimum Gasteiger partial charge on any atom is -0.381 e. The Morgan fingerprint density at radius 3 is 2.64 bits per heavy atom. The van der Waals surface area contributed by atoms with Crippen molar-refractivity contribution in [2.75, 3.05) is 90.0 Å². The Bertz CT molecular complexity index is 1620. The highest BCUT2D eigenvalue weighted by atomic mass is 32.2. The zero-order valence-electron chi connectivity index (χ0n) is 26.4. The Hall–Kier alpha value is -3.07. The molecule has 0 radical (unpaired) electrons. The van der Waals surface area contributed by atoms with Crippen molar-refractivity contribution in [3.63, 3.8) is 0 Å². The molecular formula is C32H43N9O2S2. The number of thioether (sulfide) groups is 1. The van der Waals surface area contributed by atoms with Gasteiger partial charge in [0.15, 0.2) is 0 Å². The van der Waals surface area contributed by atoms with E-state index in [1.54, 1.807) is 33.9 Å². The van der Waals surface area contributed by atoms with Crippen molar-refractivity contribution in [2.24, 2.45) is 0 Å². The summed E-state index contributed by atoms with van der Waals surface area (Å²) in [6.07, 6.45) is 6.07. The predicted molar refractivity (Wildman–Crippen MR) is 185 cm³/mol. The maximum Gasteiger partial charge on any atom is 0.262 e. The first kappa shape index (κ1) is 31.9. The maximum absolute atomic E-state index is 14.0. The van der Waals surface area contributed by atoms with E-state index in [2.05, 4.69) is 68.6 Å². The largest absolute Gasteiger partial charge is 0.381 e. The van der Waals surface area contributed by atoms with E-state index in [1.165, 1.54) is 12.8 Å². The van der Waals surface area contributed by atoms with Crippen molar-refractivity contribution in [2.45, 2.75) is 29.6 Å². The normalized spacial score (nSPS) is 18.1. The molecule has 0 aliphatic carbocycles. The standard InChI is InChI=1S/C32H43N9O2S2/c1-38(2)15-18-44-28-21-33-30(45-28)27-19-23-20-34-32(37-29(23)41(31(27)42)12-11-40-13-16-43-17-14-40)36-25-8-6-24(7-9-25)35-26-5-4-10-39(3)22-26/h6-9,19-21,26,35H,4-5,10-18,22H2,1-3H3,(H,34,36,37). The molecule has 1 unspecified atom stereocenters. The Balaban J connectivity index is 1.24. The number of piperidine rings is 1. The number of anilines is 3. The van der Waals surface area contributed by atoms with Gasteiger partial charge in [-0.3, -0.25) is 14.3 Å². The van der Waals surface area contributed by atoms with E-state index in [4.69, 9.17) is 9.72 Å². The molecule has 45 heavy (non-hydrogen) atoms. The summed E-state index contributed by atoms with van der Waals surface area (Å²) in [6.45, 7) is 7.60. The third-order valence-electron chi connectivity index (χ3n) is 8.20. The predicted octanol–water partition coefficient (Wildman–Crippen LogP) is 4.15. The molecule has 6 rings (SSSR count). The van der Waals surface area contributed by atoms with Crippen molar-refractivity contribution in [1.82, 2.24) is 34.2 Å². The van der Waals surface area contributed by atoms with Gasteiger partial charge in [-0.1, -0.05) is 0 Å². The van der Waals surface area contributed by atoms with Gasteiger partial charge in [-0.25, -0.2) is 9.97 Å². The molecule has 2 aliphatic rings. The molecule has 3 aromatic heterocycles. The monoisotopic (exact) mass is 649 g/mol. The Labute approximate surface area is 273 Å². The second kappa shape index (κ2) is 15.0. The van der Waals surface area contributed by atoms with Gasteiger partial charge in [-0.15, -0.1) is 23.1 Å². The first-order chi connectivity index (χ1) is 21.9. The number of fused-ring (bicyclic) bond motifs is 1. The van der Waals surface area contributed by atoms with E-state index < -0.39 is 0 Å². The van der Waals surface area contributed by atoms with E-state index >= 15 is 0 Å². The van der Waals surface area contributed by atoms with Crippen LogP contribution in [0.25, 0.3) is 21.6 Å². The van der Waals surface area contributed by atoms with Crippen molar-refractivity contribution < 1.29 is 4.74 Å². The van der Waals surface area contributed by atoms with Crippen molar-refractivity contribution in [3.05, 3.63) is 53.1 Å². The average molecular weight is 650 g/mol. The molecule has 240 valence electrons. The molecule has 2 fully saturated rings. The van der Waals surface area contributed by atoms with Gasteiger partial charge in [0.05, 0.1) is 29.2 Å². The van der Waals surface area contributed by atoms with Crippen LogP contribution in [0.3, 0.4) is 0 Å². The zero-order chi connectivity index (χ0) is 31.2. The molecule has 2 N–H and O–H groups in total. The van der Waals surface area contributed by atoms with Crippen LogP contribution in [0.5, 0.6) is 0 Å². The Kier molecular flexibility index (Phi) is 10.6. The third-order valence-corrected chi connectivity index (χ3v) is 10.4. The van der Waals surface area contributed by atoms with Crippen LogP contribution in [0.2, 0.25) is 0 Å². The molecule has 13 heteroatoms. The molecule has 0 saturated carbocycles. The number of pyridine rings is 1. The molecule has 2 aliphatic heterocycles. The summed E-state index contributed by atoms with van der Waals surface area (Å²) in [5, 5.41) is 8.54. The summed E-state index contributed by atoms with van der Waals surface area (Å²) in [4.78, 5) is 35.1. The number of hydrogen-bond donors (Lipinski definition) is 2. The van der Waals surface area contributed by atoms with Crippen LogP contribution < -0.4 is 16.2 Å². The van der Waals surface area contributed by atoms with Crippen LogP contribution in [0.15, 0.2) is 51.7 Å². The zero-order valence-corrected chi connectivity index (χ0v) is 28.0. The molecule has 0 spiro atoms. The third kappa shape index (κ3) is 8.40. The lowest BCUT2D eigenvalue weighted by atomic mass is 10.1. The number of ether oxygens (including phenoxy) is 1. The number of hydrogen-bond acceptors (Lipinski definition) is 12. The van der Waals surface area contributed by atoms with E-state index in [0.717, 1.165) is 71.0 Å². The van der Waals surface area contributed by atoms with Crippen molar-refractivity contribution >= 4 is 51.5 Å². The van der Waals surface area contributed by atoms with Crippen molar-refractivity contribution in [3.8, 4) is 10.6 Å². The first-order valence-electron chi connectivity index (χ1n) is 15.7. The van der Waals surface area contributed by atoms with Crippen LogP contribution >= 0.6 is 23.1 Å². The molecule has 1 aromatic carbocycles. The number of morpholine rings is 1. The van der Waals surface area contributed by atoms with Crippen molar-refractivity contribution in [1.29, 1.82) is 0 Å².